The van der Waals surface area contributed by atoms with Crippen LogP contribution in [0.25, 0.3) is 0 Å². The van der Waals surface area contributed by atoms with Crippen molar-refractivity contribution in [1.29, 1.82) is 0 Å². The van der Waals surface area contributed by atoms with Crippen LogP contribution >= 0.6 is 9.24 Å². The predicted molar refractivity (Wildman–Crippen MR) is 47.4 cm³/mol. The zero-order valence-electron chi connectivity index (χ0n) is 7.18. The van der Waals surface area contributed by atoms with Crippen molar-refractivity contribution >= 4 is 14.5 Å². The largest absolute Gasteiger partial charge is 0.499 e. The van der Waals surface area contributed by atoms with E-state index in [1.54, 1.807) is 0 Å². The summed E-state index contributed by atoms with van der Waals surface area (Å²) in [5.74, 6) is -0.537. The molecule has 1 atom stereocenters. The maximum Gasteiger partial charge on any atom is 0.499 e. The SMILES string of the molecule is FC(F)(F)C(F)(F)Oc1cccc(P)c1. The standard InChI is InChI=1S/C8H6F5OP/c9-7(10,11)8(12,13)14-5-2-1-3-6(15)4-5/h1-4H,15H2. The number of halogens is 5. The summed E-state index contributed by atoms with van der Waals surface area (Å²) in [6.07, 6.45) is -10.9. The third kappa shape index (κ3) is 3.02. The summed E-state index contributed by atoms with van der Waals surface area (Å²) in [5, 5.41) is 0.450. The Bertz CT molecular complexity index is 349. The average molecular weight is 244 g/mol. The summed E-state index contributed by atoms with van der Waals surface area (Å²) in [6, 6.07) is 4.91. The number of ether oxygens (including phenoxy) is 1. The van der Waals surface area contributed by atoms with E-state index in [0.717, 1.165) is 12.1 Å². The average Bonchev–Trinajstić information content (AvgIpc) is 2.00. The lowest BCUT2D eigenvalue weighted by molar-refractivity contribution is -0.360. The number of alkyl halides is 5. The first-order chi connectivity index (χ1) is 6.72. The molecule has 0 saturated carbocycles. The van der Waals surface area contributed by atoms with E-state index >= 15 is 0 Å². The van der Waals surface area contributed by atoms with E-state index in [1.165, 1.54) is 12.1 Å². The molecule has 1 aromatic carbocycles. The van der Waals surface area contributed by atoms with Crippen molar-refractivity contribution in [3.05, 3.63) is 24.3 Å². The third-order valence-electron chi connectivity index (χ3n) is 1.43. The van der Waals surface area contributed by atoms with Crippen molar-refractivity contribution in [3.63, 3.8) is 0 Å². The summed E-state index contributed by atoms with van der Waals surface area (Å²) >= 11 is 0. The molecule has 0 aliphatic rings. The maximum absolute atomic E-state index is 12.4. The van der Waals surface area contributed by atoms with Crippen molar-refractivity contribution in [2.75, 3.05) is 0 Å². The van der Waals surface area contributed by atoms with Crippen LogP contribution in [0, 0.1) is 0 Å². The fraction of sp³-hybridized carbons (Fsp3) is 0.250. The number of benzene rings is 1. The fourth-order valence-electron chi connectivity index (χ4n) is 0.784. The van der Waals surface area contributed by atoms with E-state index in [9.17, 15) is 22.0 Å². The lowest BCUT2D eigenvalue weighted by Crippen LogP contribution is -2.41. The van der Waals surface area contributed by atoms with Crippen molar-refractivity contribution in [2.24, 2.45) is 0 Å². The zero-order chi connectivity index (χ0) is 11.7. The quantitative estimate of drug-likeness (QED) is 0.574. The molecule has 0 amide bonds. The molecular formula is C8H6F5OP. The highest BCUT2D eigenvalue weighted by atomic mass is 31.0. The minimum atomic E-state index is -5.72. The molecule has 0 radical (unpaired) electrons. The number of rotatable bonds is 2. The van der Waals surface area contributed by atoms with Gasteiger partial charge in [-0.1, -0.05) is 12.1 Å². The summed E-state index contributed by atoms with van der Waals surface area (Å²) < 4.78 is 63.6. The van der Waals surface area contributed by atoms with Gasteiger partial charge in [-0.2, -0.15) is 22.0 Å². The van der Waals surface area contributed by atoms with Gasteiger partial charge in [0.05, 0.1) is 0 Å². The Balaban J connectivity index is 2.87. The number of hydrogen-bond acceptors (Lipinski definition) is 1. The highest BCUT2D eigenvalue weighted by Crippen LogP contribution is 2.36. The van der Waals surface area contributed by atoms with E-state index in [0.29, 0.717) is 5.30 Å². The molecule has 0 heterocycles. The van der Waals surface area contributed by atoms with E-state index in [-0.39, 0.29) is 0 Å². The lowest BCUT2D eigenvalue weighted by atomic mass is 10.3. The van der Waals surface area contributed by atoms with E-state index in [2.05, 4.69) is 14.0 Å². The molecular weight excluding hydrogens is 238 g/mol. The Hall–Kier alpha value is -0.900. The minimum Gasteiger partial charge on any atom is -0.426 e. The van der Waals surface area contributed by atoms with Crippen LogP contribution in [0.5, 0.6) is 5.75 Å². The molecule has 0 bridgehead atoms. The van der Waals surface area contributed by atoms with Crippen molar-refractivity contribution in [1.82, 2.24) is 0 Å². The van der Waals surface area contributed by atoms with Crippen LogP contribution in [0.1, 0.15) is 0 Å². The molecule has 0 saturated heterocycles. The molecule has 1 aromatic rings. The Morgan fingerprint density at radius 1 is 1.07 bits per heavy atom. The predicted octanol–water partition coefficient (Wildman–Crippen LogP) is 2.72. The molecule has 7 heteroatoms. The number of hydrogen-bond donors (Lipinski definition) is 0. The van der Waals surface area contributed by atoms with Crippen LogP contribution < -0.4 is 10.0 Å². The monoisotopic (exact) mass is 244 g/mol. The van der Waals surface area contributed by atoms with Crippen molar-refractivity contribution in [3.8, 4) is 5.75 Å². The lowest BCUT2D eigenvalue weighted by Gasteiger charge is -2.20. The molecule has 15 heavy (non-hydrogen) atoms. The van der Waals surface area contributed by atoms with Crippen LogP contribution in [-0.2, 0) is 0 Å². The topological polar surface area (TPSA) is 9.23 Å². The van der Waals surface area contributed by atoms with Crippen molar-refractivity contribution < 1.29 is 26.7 Å². The Morgan fingerprint density at radius 2 is 1.67 bits per heavy atom. The second-order valence-corrected chi connectivity index (χ2v) is 3.36. The van der Waals surface area contributed by atoms with E-state index < -0.39 is 18.0 Å². The van der Waals surface area contributed by atoms with Crippen LogP contribution in [0.15, 0.2) is 24.3 Å². The Kier molecular flexibility index (Phi) is 3.19. The maximum atomic E-state index is 12.4. The molecule has 1 rings (SSSR count). The van der Waals surface area contributed by atoms with Gasteiger partial charge in [0.1, 0.15) is 5.75 Å². The zero-order valence-corrected chi connectivity index (χ0v) is 8.34. The molecule has 0 spiro atoms. The van der Waals surface area contributed by atoms with Gasteiger partial charge in [0.25, 0.3) is 0 Å². The van der Waals surface area contributed by atoms with Gasteiger partial charge in [-0.3, -0.25) is 0 Å². The first-order valence-electron chi connectivity index (χ1n) is 3.71. The third-order valence-corrected chi connectivity index (χ3v) is 1.79. The van der Waals surface area contributed by atoms with Crippen LogP contribution in [0.4, 0.5) is 22.0 Å². The van der Waals surface area contributed by atoms with Crippen LogP contribution in [0.3, 0.4) is 0 Å². The van der Waals surface area contributed by atoms with Gasteiger partial charge in [0, 0.05) is 0 Å². The summed E-state index contributed by atoms with van der Waals surface area (Å²) in [7, 11) is 2.16. The molecule has 0 aliphatic carbocycles. The van der Waals surface area contributed by atoms with Gasteiger partial charge in [-0.15, -0.1) is 9.24 Å². The summed E-state index contributed by atoms with van der Waals surface area (Å²) in [6.45, 7) is 0. The van der Waals surface area contributed by atoms with Gasteiger partial charge in [-0.05, 0) is 17.4 Å². The molecule has 1 nitrogen and oxygen atoms in total. The van der Waals surface area contributed by atoms with Crippen LogP contribution in [-0.4, -0.2) is 12.3 Å². The molecule has 84 valence electrons. The van der Waals surface area contributed by atoms with Gasteiger partial charge in [0.15, 0.2) is 0 Å². The van der Waals surface area contributed by atoms with Crippen molar-refractivity contribution in [2.45, 2.75) is 12.3 Å². The van der Waals surface area contributed by atoms with E-state index in [1.807, 2.05) is 0 Å². The fourth-order valence-corrected chi connectivity index (χ4v) is 1.06. The van der Waals surface area contributed by atoms with Gasteiger partial charge in [0.2, 0.25) is 0 Å². The molecule has 0 N–H and O–H groups in total. The Labute approximate surface area is 84.4 Å². The first kappa shape index (κ1) is 12.2. The highest BCUT2D eigenvalue weighted by Gasteiger charge is 2.61. The first-order valence-corrected chi connectivity index (χ1v) is 4.29. The highest BCUT2D eigenvalue weighted by molar-refractivity contribution is 7.27. The van der Waals surface area contributed by atoms with Crippen LogP contribution in [0.2, 0.25) is 0 Å². The summed E-state index contributed by atoms with van der Waals surface area (Å²) in [5.41, 5.74) is 0. The molecule has 0 aliphatic heterocycles. The normalized spacial score (nSPS) is 12.7. The van der Waals surface area contributed by atoms with Gasteiger partial charge < -0.3 is 4.74 Å². The molecule has 0 aromatic heterocycles. The summed E-state index contributed by atoms with van der Waals surface area (Å²) in [4.78, 5) is 0. The van der Waals surface area contributed by atoms with Gasteiger partial charge >= 0.3 is 12.3 Å². The molecule has 0 fully saturated rings. The smallest absolute Gasteiger partial charge is 0.426 e. The van der Waals surface area contributed by atoms with E-state index in [4.69, 9.17) is 0 Å². The second kappa shape index (κ2) is 3.93. The Morgan fingerprint density at radius 3 is 2.13 bits per heavy atom. The second-order valence-electron chi connectivity index (χ2n) is 2.69. The van der Waals surface area contributed by atoms with Gasteiger partial charge in [-0.25, -0.2) is 0 Å². The molecule has 1 unspecified atom stereocenters. The minimum absolute atomic E-state index is 0.450.